The number of ether oxygens (including phenoxy) is 1. The predicted molar refractivity (Wildman–Crippen MR) is 73.2 cm³/mol. The Morgan fingerprint density at radius 2 is 2.32 bits per heavy atom. The van der Waals surface area contributed by atoms with E-state index in [4.69, 9.17) is 10.5 Å². The SMILES string of the molecule is COc1c(N)cccc1C(=O)N1CCCCC1CO. The van der Waals surface area contributed by atoms with Gasteiger partial charge in [0.2, 0.25) is 0 Å². The Bertz CT molecular complexity index is 462. The number of nitrogen functional groups attached to an aromatic ring is 1. The molecule has 104 valence electrons. The molecule has 0 aliphatic carbocycles. The fourth-order valence-corrected chi connectivity index (χ4v) is 2.56. The van der Waals surface area contributed by atoms with E-state index < -0.39 is 0 Å². The third kappa shape index (κ3) is 2.66. The molecule has 1 aliphatic heterocycles. The van der Waals surface area contributed by atoms with Crippen LogP contribution < -0.4 is 10.5 Å². The largest absolute Gasteiger partial charge is 0.494 e. The van der Waals surface area contributed by atoms with Gasteiger partial charge < -0.3 is 20.5 Å². The second-order valence-corrected chi connectivity index (χ2v) is 4.76. The van der Waals surface area contributed by atoms with E-state index in [1.54, 1.807) is 23.1 Å². The lowest BCUT2D eigenvalue weighted by Gasteiger charge is -2.35. The van der Waals surface area contributed by atoms with Crippen molar-refractivity contribution in [3.8, 4) is 5.75 Å². The maximum atomic E-state index is 12.6. The lowest BCUT2D eigenvalue weighted by atomic mass is 10.0. The number of anilines is 1. The molecule has 0 bridgehead atoms. The number of hydrogen-bond donors (Lipinski definition) is 2. The average Bonchev–Trinajstić information content (AvgIpc) is 2.46. The molecule has 0 aromatic heterocycles. The van der Waals surface area contributed by atoms with Crippen LogP contribution in [0.4, 0.5) is 5.69 Å². The van der Waals surface area contributed by atoms with Gasteiger partial charge in [-0.3, -0.25) is 4.79 Å². The van der Waals surface area contributed by atoms with Gasteiger partial charge in [0.15, 0.2) is 5.75 Å². The summed E-state index contributed by atoms with van der Waals surface area (Å²) in [6.07, 6.45) is 2.85. The van der Waals surface area contributed by atoms with Crippen molar-refractivity contribution >= 4 is 11.6 Å². The molecule has 1 saturated heterocycles. The van der Waals surface area contributed by atoms with Crippen LogP contribution in [0.1, 0.15) is 29.6 Å². The second kappa shape index (κ2) is 5.93. The normalized spacial score (nSPS) is 19.3. The van der Waals surface area contributed by atoms with Crippen molar-refractivity contribution in [1.29, 1.82) is 0 Å². The Morgan fingerprint density at radius 1 is 1.53 bits per heavy atom. The fourth-order valence-electron chi connectivity index (χ4n) is 2.56. The molecule has 1 heterocycles. The van der Waals surface area contributed by atoms with Gasteiger partial charge in [0.1, 0.15) is 0 Å². The third-order valence-electron chi connectivity index (χ3n) is 3.58. The molecule has 1 atom stereocenters. The number of hydrogen-bond acceptors (Lipinski definition) is 4. The van der Waals surface area contributed by atoms with Gasteiger partial charge in [0, 0.05) is 6.54 Å². The summed E-state index contributed by atoms with van der Waals surface area (Å²) in [7, 11) is 1.50. The third-order valence-corrected chi connectivity index (χ3v) is 3.58. The summed E-state index contributed by atoms with van der Waals surface area (Å²) in [4.78, 5) is 14.3. The molecular weight excluding hydrogens is 244 g/mol. The van der Waals surface area contributed by atoms with E-state index >= 15 is 0 Å². The lowest BCUT2D eigenvalue weighted by molar-refractivity contribution is 0.0500. The van der Waals surface area contributed by atoms with Gasteiger partial charge >= 0.3 is 0 Å². The summed E-state index contributed by atoms with van der Waals surface area (Å²) in [5.41, 5.74) is 6.73. The molecule has 1 fully saturated rings. The number of carbonyl (C=O) groups excluding carboxylic acids is 1. The van der Waals surface area contributed by atoms with Crippen LogP contribution in [-0.2, 0) is 0 Å². The molecule has 1 amide bonds. The van der Waals surface area contributed by atoms with E-state index in [1.807, 2.05) is 0 Å². The smallest absolute Gasteiger partial charge is 0.258 e. The van der Waals surface area contributed by atoms with E-state index in [0.717, 1.165) is 19.3 Å². The molecule has 1 aliphatic rings. The van der Waals surface area contributed by atoms with Gasteiger partial charge in [-0.15, -0.1) is 0 Å². The van der Waals surface area contributed by atoms with Crippen molar-refractivity contribution < 1.29 is 14.6 Å². The number of nitrogens with two attached hydrogens (primary N) is 1. The van der Waals surface area contributed by atoms with E-state index in [9.17, 15) is 9.90 Å². The Labute approximate surface area is 113 Å². The number of amides is 1. The summed E-state index contributed by atoms with van der Waals surface area (Å²) < 4.78 is 5.22. The second-order valence-electron chi connectivity index (χ2n) is 4.76. The van der Waals surface area contributed by atoms with Gasteiger partial charge in [-0.05, 0) is 31.4 Å². The highest BCUT2D eigenvalue weighted by Crippen LogP contribution is 2.29. The number of methoxy groups -OCH3 is 1. The maximum absolute atomic E-state index is 12.6. The first-order chi connectivity index (χ1) is 9.19. The molecular formula is C14H20N2O3. The minimum Gasteiger partial charge on any atom is -0.494 e. The number of aliphatic hydroxyl groups is 1. The minimum atomic E-state index is -0.122. The highest BCUT2D eigenvalue weighted by atomic mass is 16.5. The molecule has 19 heavy (non-hydrogen) atoms. The van der Waals surface area contributed by atoms with E-state index in [2.05, 4.69) is 0 Å². The van der Waals surface area contributed by atoms with Crippen molar-refractivity contribution in [2.75, 3.05) is 26.0 Å². The van der Waals surface area contributed by atoms with Crippen LogP contribution in [0.2, 0.25) is 0 Å². The molecule has 2 rings (SSSR count). The van der Waals surface area contributed by atoms with Crippen molar-refractivity contribution in [2.24, 2.45) is 0 Å². The zero-order chi connectivity index (χ0) is 13.8. The fraction of sp³-hybridized carbons (Fsp3) is 0.500. The van der Waals surface area contributed by atoms with E-state index in [0.29, 0.717) is 23.5 Å². The van der Waals surface area contributed by atoms with Crippen molar-refractivity contribution in [2.45, 2.75) is 25.3 Å². The highest BCUT2D eigenvalue weighted by molar-refractivity contribution is 5.98. The van der Waals surface area contributed by atoms with Gasteiger partial charge in [0.25, 0.3) is 5.91 Å². The number of para-hydroxylation sites is 1. The number of piperidine rings is 1. The Morgan fingerprint density at radius 3 is 3.00 bits per heavy atom. The first kappa shape index (κ1) is 13.7. The maximum Gasteiger partial charge on any atom is 0.258 e. The summed E-state index contributed by atoms with van der Waals surface area (Å²) in [5, 5.41) is 9.39. The molecule has 0 saturated carbocycles. The molecule has 5 heteroatoms. The Hall–Kier alpha value is -1.75. The van der Waals surface area contributed by atoms with Crippen LogP contribution in [-0.4, -0.2) is 42.2 Å². The lowest BCUT2D eigenvalue weighted by Crippen LogP contribution is -2.45. The number of likely N-dealkylation sites (tertiary alicyclic amines) is 1. The Kier molecular flexibility index (Phi) is 4.27. The van der Waals surface area contributed by atoms with Crippen LogP contribution in [0.3, 0.4) is 0 Å². The van der Waals surface area contributed by atoms with Crippen LogP contribution in [0.25, 0.3) is 0 Å². The van der Waals surface area contributed by atoms with Crippen LogP contribution >= 0.6 is 0 Å². The zero-order valence-corrected chi connectivity index (χ0v) is 11.1. The first-order valence-electron chi connectivity index (χ1n) is 6.53. The molecule has 1 aromatic carbocycles. The Balaban J connectivity index is 2.30. The molecule has 1 aromatic rings. The molecule has 5 nitrogen and oxygen atoms in total. The number of rotatable bonds is 3. The number of aliphatic hydroxyl groups excluding tert-OH is 1. The van der Waals surface area contributed by atoms with Gasteiger partial charge in [0.05, 0.1) is 31.0 Å². The first-order valence-corrected chi connectivity index (χ1v) is 6.53. The predicted octanol–water partition coefficient (Wildman–Crippen LogP) is 1.26. The van der Waals surface area contributed by atoms with Crippen LogP contribution in [0, 0.1) is 0 Å². The minimum absolute atomic E-state index is 0.00360. The summed E-state index contributed by atoms with van der Waals surface area (Å²) in [5.74, 6) is 0.290. The molecule has 0 spiro atoms. The van der Waals surface area contributed by atoms with E-state index in [1.165, 1.54) is 7.11 Å². The number of carbonyl (C=O) groups is 1. The number of benzene rings is 1. The zero-order valence-electron chi connectivity index (χ0n) is 11.1. The summed E-state index contributed by atoms with van der Waals surface area (Å²) >= 11 is 0. The topological polar surface area (TPSA) is 75.8 Å². The standard InChI is InChI=1S/C14H20N2O3/c1-19-13-11(6-4-7-12(13)15)14(18)16-8-3-2-5-10(16)9-17/h4,6-7,10,17H,2-3,5,8-9,15H2,1H3. The molecule has 0 radical (unpaired) electrons. The van der Waals surface area contributed by atoms with Crippen LogP contribution in [0.5, 0.6) is 5.75 Å². The van der Waals surface area contributed by atoms with Crippen LogP contribution in [0.15, 0.2) is 18.2 Å². The quantitative estimate of drug-likeness (QED) is 0.806. The van der Waals surface area contributed by atoms with Gasteiger partial charge in [-0.25, -0.2) is 0 Å². The average molecular weight is 264 g/mol. The van der Waals surface area contributed by atoms with Gasteiger partial charge in [-0.2, -0.15) is 0 Å². The number of nitrogens with zero attached hydrogens (tertiary/aromatic N) is 1. The monoisotopic (exact) mass is 264 g/mol. The summed E-state index contributed by atoms with van der Waals surface area (Å²) in [6, 6.07) is 5.05. The van der Waals surface area contributed by atoms with Gasteiger partial charge in [-0.1, -0.05) is 6.07 Å². The highest BCUT2D eigenvalue weighted by Gasteiger charge is 2.28. The van der Waals surface area contributed by atoms with E-state index in [-0.39, 0.29) is 18.6 Å². The molecule has 1 unspecified atom stereocenters. The van der Waals surface area contributed by atoms with Crippen molar-refractivity contribution in [1.82, 2.24) is 4.90 Å². The summed E-state index contributed by atoms with van der Waals surface area (Å²) in [6.45, 7) is 0.665. The molecule has 3 N–H and O–H groups in total. The van der Waals surface area contributed by atoms with Crippen molar-refractivity contribution in [3.05, 3.63) is 23.8 Å². The van der Waals surface area contributed by atoms with Crippen molar-refractivity contribution in [3.63, 3.8) is 0 Å².